The molecule has 0 aromatic heterocycles. The summed E-state index contributed by atoms with van der Waals surface area (Å²) in [4.78, 5) is 2.51. The van der Waals surface area contributed by atoms with Gasteiger partial charge in [-0.05, 0) is 36.5 Å². The Hall–Kier alpha value is -0.350. The van der Waals surface area contributed by atoms with E-state index in [0.29, 0.717) is 17.0 Å². The highest BCUT2D eigenvalue weighted by Crippen LogP contribution is 2.43. The number of benzene rings is 1. The molecule has 1 saturated heterocycles. The second kappa shape index (κ2) is 7.08. The van der Waals surface area contributed by atoms with Crippen LogP contribution in [0.1, 0.15) is 30.9 Å². The van der Waals surface area contributed by atoms with E-state index in [4.69, 9.17) is 11.6 Å². The van der Waals surface area contributed by atoms with Gasteiger partial charge in [-0.15, -0.1) is 12.4 Å². The van der Waals surface area contributed by atoms with Crippen molar-refractivity contribution in [1.82, 2.24) is 10.2 Å². The average molecular weight is 319 g/mol. The van der Waals surface area contributed by atoms with Gasteiger partial charge in [0.25, 0.3) is 0 Å². The van der Waals surface area contributed by atoms with Crippen LogP contribution >= 0.6 is 24.0 Å². The van der Waals surface area contributed by atoms with E-state index in [-0.39, 0.29) is 18.2 Å². The summed E-state index contributed by atoms with van der Waals surface area (Å²) in [5, 5.41) is 3.96. The SMILES string of the molecule is Cl.Fc1ccc([C@H](C2CCC2)N2CCNCC2)c(Cl)c1. The predicted molar refractivity (Wildman–Crippen MR) is 83.2 cm³/mol. The van der Waals surface area contributed by atoms with Crippen LogP contribution in [0, 0.1) is 11.7 Å². The van der Waals surface area contributed by atoms with Crippen LogP contribution in [0.15, 0.2) is 18.2 Å². The standard InChI is InChI=1S/C15H20ClFN2.ClH/c16-14-10-12(17)4-5-13(14)15(11-2-1-3-11)19-8-6-18-7-9-19;/h4-5,10-11,15,18H,1-3,6-9H2;1H/t15-;/m0./s1. The van der Waals surface area contributed by atoms with Crippen LogP contribution in [0.3, 0.4) is 0 Å². The van der Waals surface area contributed by atoms with E-state index in [0.717, 1.165) is 31.7 Å². The van der Waals surface area contributed by atoms with Crippen LogP contribution in [-0.4, -0.2) is 31.1 Å². The quantitative estimate of drug-likeness (QED) is 0.915. The fourth-order valence-electron chi connectivity index (χ4n) is 3.21. The van der Waals surface area contributed by atoms with Crippen molar-refractivity contribution >= 4 is 24.0 Å². The Bertz CT molecular complexity index is 445. The Morgan fingerprint density at radius 3 is 2.50 bits per heavy atom. The van der Waals surface area contributed by atoms with Gasteiger partial charge in [0.1, 0.15) is 5.82 Å². The molecule has 1 atom stereocenters. The minimum atomic E-state index is -0.249. The zero-order valence-corrected chi connectivity index (χ0v) is 13.0. The molecule has 2 nitrogen and oxygen atoms in total. The highest BCUT2D eigenvalue weighted by Gasteiger charge is 2.34. The topological polar surface area (TPSA) is 15.3 Å². The van der Waals surface area contributed by atoms with Gasteiger partial charge in [-0.1, -0.05) is 24.1 Å². The first-order valence-electron chi connectivity index (χ1n) is 7.15. The van der Waals surface area contributed by atoms with E-state index in [1.54, 1.807) is 0 Å². The molecule has 0 unspecified atom stereocenters. The van der Waals surface area contributed by atoms with E-state index in [9.17, 15) is 4.39 Å². The number of hydrogen-bond acceptors (Lipinski definition) is 2. The Kier molecular flexibility index (Phi) is 5.67. The van der Waals surface area contributed by atoms with E-state index in [1.807, 2.05) is 6.07 Å². The Labute approximate surface area is 131 Å². The first kappa shape index (κ1) is 16.0. The predicted octanol–water partition coefficient (Wildman–Crippen LogP) is 3.65. The van der Waals surface area contributed by atoms with Crippen LogP contribution in [0.2, 0.25) is 5.02 Å². The van der Waals surface area contributed by atoms with Crippen LogP contribution in [0.25, 0.3) is 0 Å². The maximum absolute atomic E-state index is 13.2. The van der Waals surface area contributed by atoms with Gasteiger partial charge < -0.3 is 5.32 Å². The number of hydrogen-bond donors (Lipinski definition) is 1. The third-order valence-electron chi connectivity index (χ3n) is 4.42. The molecule has 2 aliphatic rings. The van der Waals surface area contributed by atoms with Gasteiger partial charge in [0.05, 0.1) is 0 Å². The van der Waals surface area contributed by atoms with Gasteiger partial charge >= 0.3 is 0 Å². The number of nitrogens with zero attached hydrogens (tertiary/aromatic N) is 1. The van der Waals surface area contributed by atoms with Crippen molar-refractivity contribution in [3.05, 3.63) is 34.6 Å². The molecule has 112 valence electrons. The van der Waals surface area contributed by atoms with Crippen LogP contribution in [0.4, 0.5) is 4.39 Å². The lowest BCUT2D eigenvalue weighted by atomic mass is 9.76. The average Bonchev–Trinajstić information content (AvgIpc) is 2.35. The molecule has 2 fully saturated rings. The largest absolute Gasteiger partial charge is 0.314 e. The second-order valence-electron chi connectivity index (χ2n) is 5.59. The van der Waals surface area contributed by atoms with Gasteiger partial charge in [0, 0.05) is 37.2 Å². The highest BCUT2D eigenvalue weighted by molar-refractivity contribution is 6.31. The Morgan fingerprint density at radius 2 is 1.95 bits per heavy atom. The van der Waals surface area contributed by atoms with Crippen LogP contribution in [-0.2, 0) is 0 Å². The molecule has 1 heterocycles. The summed E-state index contributed by atoms with van der Waals surface area (Å²) in [5.74, 6) is 0.433. The summed E-state index contributed by atoms with van der Waals surface area (Å²) in [5.41, 5.74) is 1.11. The monoisotopic (exact) mass is 318 g/mol. The van der Waals surface area contributed by atoms with Crippen molar-refractivity contribution in [2.75, 3.05) is 26.2 Å². The molecule has 1 aromatic rings. The van der Waals surface area contributed by atoms with E-state index < -0.39 is 0 Å². The molecule has 1 aliphatic carbocycles. The minimum absolute atomic E-state index is 0. The van der Waals surface area contributed by atoms with E-state index >= 15 is 0 Å². The fourth-order valence-corrected chi connectivity index (χ4v) is 3.49. The number of rotatable bonds is 3. The molecule has 0 bridgehead atoms. The zero-order valence-electron chi connectivity index (χ0n) is 11.4. The molecular weight excluding hydrogens is 298 g/mol. The van der Waals surface area contributed by atoms with Crippen molar-refractivity contribution in [1.29, 1.82) is 0 Å². The fraction of sp³-hybridized carbons (Fsp3) is 0.600. The summed E-state index contributed by atoms with van der Waals surface area (Å²) in [6.45, 7) is 4.16. The van der Waals surface area contributed by atoms with Gasteiger partial charge in [-0.3, -0.25) is 4.90 Å². The molecule has 1 aromatic carbocycles. The van der Waals surface area contributed by atoms with Crippen LogP contribution in [0.5, 0.6) is 0 Å². The first-order valence-corrected chi connectivity index (χ1v) is 7.53. The first-order chi connectivity index (χ1) is 9.25. The summed E-state index contributed by atoms with van der Waals surface area (Å²) in [6, 6.07) is 5.23. The molecule has 0 spiro atoms. The Morgan fingerprint density at radius 1 is 1.25 bits per heavy atom. The normalized spacial score (nSPS) is 21.9. The summed E-state index contributed by atoms with van der Waals surface area (Å²) < 4.78 is 13.2. The molecular formula is C15H21Cl2FN2. The van der Waals surface area contributed by atoms with Crippen molar-refractivity contribution in [2.45, 2.75) is 25.3 Å². The van der Waals surface area contributed by atoms with Crippen molar-refractivity contribution in [3.8, 4) is 0 Å². The molecule has 1 aliphatic heterocycles. The molecule has 1 saturated carbocycles. The smallest absolute Gasteiger partial charge is 0.124 e. The van der Waals surface area contributed by atoms with Gasteiger partial charge in [-0.2, -0.15) is 0 Å². The maximum atomic E-state index is 13.2. The number of piperazine rings is 1. The maximum Gasteiger partial charge on any atom is 0.124 e. The van der Waals surface area contributed by atoms with Gasteiger partial charge in [-0.25, -0.2) is 4.39 Å². The lowest BCUT2D eigenvalue weighted by Crippen LogP contribution is -2.47. The second-order valence-corrected chi connectivity index (χ2v) is 5.99. The van der Waals surface area contributed by atoms with Crippen molar-refractivity contribution < 1.29 is 4.39 Å². The van der Waals surface area contributed by atoms with E-state index in [1.165, 1.54) is 31.4 Å². The zero-order chi connectivity index (χ0) is 13.2. The van der Waals surface area contributed by atoms with Crippen LogP contribution < -0.4 is 5.32 Å². The van der Waals surface area contributed by atoms with E-state index in [2.05, 4.69) is 10.2 Å². The third kappa shape index (κ3) is 3.28. The summed E-state index contributed by atoms with van der Waals surface area (Å²) in [7, 11) is 0. The molecule has 3 rings (SSSR count). The van der Waals surface area contributed by atoms with Crippen molar-refractivity contribution in [2.24, 2.45) is 5.92 Å². The van der Waals surface area contributed by atoms with Gasteiger partial charge in [0.15, 0.2) is 0 Å². The minimum Gasteiger partial charge on any atom is -0.314 e. The summed E-state index contributed by atoms with van der Waals surface area (Å²) in [6.07, 6.45) is 3.84. The molecule has 5 heteroatoms. The molecule has 1 N–H and O–H groups in total. The number of nitrogens with one attached hydrogen (secondary N) is 1. The third-order valence-corrected chi connectivity index (χ3v) is 4.75. The number of halogens is 3. The van der Waals surface area contributed by atoms with Crippen molar-refractivity contribution in [3.63, 3.8) is 0 Å². The molecule has 0 radical (unpaired) electrons. The molecule has 20 heavy (non-hydrogen) atoms. The van der Waals surface area contributed by atoms with Gasteiger partial charge in [0.2, 0.25) is 0 Å². The Balaban J connectivity index is 0.00000147. The highest BCUT2D eigenvalue weighted by atomic mass is 35.5. The molecule has 0 amide bonds. The lowest BCUT2D eigenvalue weighted by Gasteiger charge is -2.43. The summed E-state index contributed by atoms with van der Waals surface area (Å²) >= 11 is 6.29. The lowest BCUT2D eigenvalue weighted by molar-refractivity contribution is 0.0837.